The number of rotatable bonds is 6. The Morgan fingerprint density at radius 3 is 2.68 bits per heavy atom. The molecule has 6 nitrogen and oxygen atoms in total. The zero-order valence-corrected chi connectivity index (χ0v) is 12.2. The third-order valence-electron chi connectivity index (χ3n) is 3.28. The van der Waals surface area contributed by atoms with Crippen molar-refractivity contribution in [2.75, 3.05) is 5.32 Å². The molecule has 22 heavy (non-hydrogen) atoms. The van der Waals surface area contributed by atoms with Crippen LogP contribution in [0.25, 0.3) is 0 Å². The Kier molecular flexibility index (Phi) is 5.04. The molecule has 2 N–H and O–H groups in total. The molecule has 0 aliphatic heterocycles. The Morgan fingerprint density at radius 1 is 1.36 bits per heavy atom. The minimum Gasteiger partial charge on any atom is -0.481 e. The van der Waals surface area contributed by atoms with Gasteiger partial charge in [0.2, 0.25) is 5.95 Å². The lowest BCUT2D eigenvalue weighted by Crippen LogP contribution is -2.09. The quantitative estimate of drug-likeness (QED) is 0.850. The van der Waals surface area contributed by atoms with Gasteiger partial charge >= 0.3 is 5.97 Å². The normalized spacial score (nSPS) is 11.5. The highest BCUT2D eigenvalue weighted by Gasteiger charge is 2.15. The van der Waals surface area contributed by atoms with Gasteiger partial charge in [0.05, 0.1) is 18.1 Å². The molecule has 2 aromatic rings. The SMILES string of the molecule is CCC(CC(=O)O)c1ccnc(Nc2ccc(C#N)cc2)n1. The van der Waals surface area contributed by atoms with Crippen LogP contribution in [0.5, 0.6) is 0 Å². The van der Waals surface area contributed by atoms with Crippen LogP contribution in [0.15, 0.2) is 36.5 Å². The highest BCUT2D eigenvalue weighted by atomic mass is 16.4. The van der Waals surface area contributed by atoms with E-state index >= 15 is 0 Å². The number of aliphatic carboxylic acids is 1. The van der Waals surface area contributed by atoms with E-state index in [2.05, 4.69) is 21.4 Å². The standard InChI is InChI=1S/C16H16N4O2/c1-2-12(9-15(21)22)14-7-8-18-16(20-14)19-13-5-3-11(10-17)4-6-13/h3-8,12H,2,9H2,1H3,(H,21,22)(H,18,19,20). The lowest BCUT2D eigenvalue weighted by Gasteiger charge is -2.13. The molecule has 0 saturated heterocycles. The molecule has 6 heteroatoms. The van der Waals surface area contributed by atoms with E-state index in [4.69, 9.17) is 10.4 Å². The van der Waals surface area contributed by atoms with Gasteiger partial charge in [-0.05, 0) is 36.8 Å². The molecular formula is C16H16N4O2. The third kappa shape index (κ3) is 4.03. The second kappa shape index (κ2) is 7.18. The largest absolute Gasteiger partial charge is 0.481 e. The molecular weight excluding hydrogens is 280 g/mol. The fourth-order valence-electron chi connectivity index (χ4n) is 2.09. The average molecular weight is 296 g/mol. The maximum Gasteiger partial charge on any atom is 0.304 e. The van der Waals surface area contributed by atoms with E-state index < -0.39 is 5.97 Å². The molecule has 1 aromatic heterocycles. The van der Waals surface area contributed by atoms with Crippen LogP contribution < -0.4 is 5.32 Å². The summed E-state index contributed by atoms with van der Waals surface area (Å²) < 4.78 is 0. The maximum absolute atomic E-state index is 10.9. The van der Waals surface area contributed by atoms with Gasteiger partial charge in [-0.1, -0.05) is 6.92 Å². The molecule has 0 amide bonds. The van der Waals surface area contributed by atoms with Gasteiger partial charge in [-0.2, -0.15) is 5.26 Å². The van der Waals surface area contributed by atoms with Crippen LogP contribution in [0.4, 0.5) is 11.6 Å². The summed E-state index contributed by atoms with van der Waals surface area (Å²) in [4.78, 5) is 19.4. The average Bonchev–Trinajstić information content (AvgIpc) is 2.53. The number of hydrogen-bond acceptors (Lipinski definition) is 5. The monoisotopic (exact) mass is 296 g/mol. The summed E-state index contributed by atoms with van der Waals surface area (Å²) in [6.07, 6.45) is 2.35. The van der Waals surface area contributed by atoms with Crippen molar-refractivity contribution in [1.29, 1.82) is 5.26 Å². The van der Waals surface area contributed by atoms with E-state index in [1.165, 1.54) is 0 Å². The molecule has 2 rings (SSSR count). The van der Waals surface area contributed by atoms with Gasteiger partial charge in [0.15, 0.2) is 0 Å². The molecule has 0 bridgehead atoms. The van der Waals surface area contributed by atoms with E-state index in [9.17, 15) is 4.79 Å². The molecule has 0 aliphatic rings. The number of hydrogen-bond donors (Lipinski definition) is 2. The second-order valence-electron chi connectivity index (χ2n) is 4.82. The van der Waals surface area contributed by atoms with E-state index in [1.807, 2.05) is 6.92 Å². The molecule has 0 fully saturated rings. The molecule has 1 atom stereocenters. The zero-order valence-electron chi connectivity index (χ0n) is 12.2. The van der Waals surface area contributed by atoms with Gasteiger partial charge in [0.25, 0.3) is 0 Å². The van der Waals surface area contributed by atoms with E-state index in [0.717, 1.165) is 5.69 Å². The zero-order chi connectivity index (χ0) is 15.9. The minimum absolute atomic E-state index is 0.0455. The fourth-order valence-corrected chi connectivity index (χ4v) is 2.09. The molecule has 112 valence electrons. The number of carboxylic acid groups (broad SMARTS) is 1. The van der Waals surface area contributed by atoms with Crippen LogP contribution in [-0.2, 0) is 4.79 Å². The van der Waals surface area contributed by atoms with Crippen molar-refractivity contribution in [1.82, 2.24) is 9.97 Å². The van der Waals surface area contributed by atoms with E-state index in [0.29, 0.717) is 23.6 Å². The highest BCUT2D eigenvalue weighted by Crippen LogP contribution is 2.22. The highest BCUT2D eigenvalue weighted by molar-refractivity contribution is 5.68. The van der Waals surface area contributed by atoms with Gasteiger partial charge in [0.1, 0.15) is 0 Å². The Morgan fingerprint density at radius 2 is 2.09 bits per heavy atom. The first-order chi connectivity index (χ1) is 10.6. The topological polar surface area (TPSA) is 98.9 Å². The molecule has 0 radical (unpaired) electrons. The third-order valence-corrected chi connectivity index (χ3v) is 3.28. The summed E-state index contributed by atoms with van der Waals surface area (Å²) in [6, 6.07) is 10.7. The van der Waals surface area contributed by atoms with Crippen LogP contribution in [-0.4, -0.2) is 21.0 Å². The van der Waals surface area contributed by atoms with Crippen molar-refractivity contribution in [2.45, 2.75) is 25.7 Å². The Balaban J connectivity index is 2.16. The van der Waals surface area contributed by atoms with Crippen LogP contribution in [0.2, 0.25) is 0 Å². The number of anilines is 2. The van der Waals surface area contributed by atoms with Gasteiger partial charge < -0.3 is 10.4 Å². The van der Waals surface area contributed by atoms with Crippen LogP contribution in [0.1, 0.15) is 36.9 Å². The van der Waals surface area contributed by atoms with Gasteiger partial charge in [-0.3, -0.25) is 4.79 Å². The molecule has 0 spiro atoms. The lowest BCUT2D eigenvalue weighted by atomic mass is 9.98. The molecule has 1 unspecified atom stereocenters. The Bertz CT molecular complexity index is 692. The lowest BCUT2D eigenvalue weighted by molar-refractivity contribution is -0.137. The van der Waals surface area contributed by atoms with Crippen molar-refractivity contribution in [3.8, 4) is 6.07 Å². The summed E-state index contributed by atoms with van der Waals surface area (Å²) >= 11 is 0. The number of nitriles is 1. The minimum atomic E-state index is -0.841. The number of nitrogens with one attached hydrogen (secondary N) is 1. The fraction of sp³-hybridized carbons (Fsp3) is 0.250. The van der Waals surface area contributed by atoms with Crippen molar-refractivity contribution >= 4 is 17.6 Å². The number of aromatic nitrogens is 2. The van der Waals surface area contributed by atoms with E-state index in [1.54, 1.807) is 36.5 Å². The smallest absolute Gasteiger partial charge is 0.304 e. The van der Waals surface area contributed by atoms with Gasteiger partial charge in [-0.25, -0.2) is 9.97 Å². The molecule has 0 saturated carbocycles. The first-order valence-corrected chi connectivity index (χ1v) is 6.94. The summed E-state index contributed by atoms with van der Waals surface area (Å²) in [6.45, 7) is 1.93. The molecule has 0 aliphatic carbocycles. The predicted molar refractivity (Wildman–Crippen MR) is 81.8 cm³/mol. The number of carboxylic acids is 1. The van der Waals surface area contributed by atoms with Crippen LogP contribution in [0, 0.1) is 11.3 Å². The summed E-state index contributed by atoms with van der Waals surface area (Å²) in [5.74, 6) is -0.569. The summed E-state index contributed by atoms with van der Waals surface area (Å²) in [7, 11) is 0. The molecule has 1 heterocycles. The predicted octanol–water partition coefficient (Wildman–Crippen LogP) is 3.06. The van der Waals surface area contributed by atoms with Crippen molar-refractivity contribution in [2.24, 2.45) is 0 Å². The Hall–Kier alpha value is -2.94. The Labute approximate surface area is 128 Å². The van der Waals surface area contributed by atoms with Gasteiger partial charge in [-0.15, -0.1) is 0 Å². The van der Waals surface area contributed by atoms with Crippen LogP contribution in [0.3, 0.4) is 0 Å². The number of carbonyl (C=O) groups is 1. The number of benzene rings is 1. The summed E-state index contributed by atoms with van der Waals surface area (Å²) in [5.41, 5.74) is 2.05. The van der Waals surface area contributed by atoms with E-state index in [-0.39, 0.29) is 12.3 Å². The maximum atomic E-state index is 10.9. The van der Waals surface area contributed by atoms with Crippen molar-refractivity contribution < 1.29 is 9.90 Å². The number of nitrogens with zero attached hydrogens (tertiary/aromatic N) is 3. The van der Waals surface area contributed by atoms with Crippen molar-refractivity contribution in [3.05, 3.63) is 47.8 Å². The summed E-state index contributed by atoms with van der Waals surface area (Å²) in [5, 5.41) is 20.8. The molecule has 1 aromatic carbocycles. The first kappa shape index (κ1) is 15.4. The first-order valence-electron chi connectivity index (χ1n) is 6.94. The van der Waals surface area contributed by atoms with Crippen LogP contribution >= 0.6 is 0 Å². The second-order valence-corrected chi connectivity index (χ2v) is 4.82. The van der Waals surface area contributed by atoms with Gasteiger partial charge in [0, 0.05) is 23.5 Å². The van der Waals surface area contributed by atoms with Crippen molar-refractivity contribution in [3.63, 3.8) is 0 Å².